The Morgan fingerprint density at radius 2 is 2.23 bits per heavy atom. The second-order valence-electron chi connectivity index (χ2n) is 5.93. The number of piperidine rings is 1. The van der Waals surface area contributed by atoms with Crippen LogP contribution < -0.4 is 0 Å². The first-order valence-electron chi connectivity index (χ1n) is 7.88. The summed E-state index contributed by atoms with van der Waals surface area (Å²) in [5, 5.41) is 0.732. The van der Waals surface area contributed by atoms with Gasteiger partial charge in [0.25, 0.3) is 0 Å². The predicted octanol–water partition coefficient (Wildman–Crippen LogP) is 2.68. The first kappa shape index (κ1) is 15.8. The number of benzene rings is 1. The molecule has 5 heteroatoms. The molecule has 0 saturated carbocycles. The zero-order valence-electron chi connectivity index (χ0n) is 12.8. The number of ether oxygens (including phenoxy) is 2. The predicted molar refractivity (Wildman–Crippen MR) is 85.0 cm³/mol. The number of carbonyl (C=O) groups excluding carboxylic acids is 1. The molecular weight excluding hydrogens is 302 g/mol. The van der Waals surface area contributed by atoms with Crippen molar-refractivity contribution >= 4 is 17.5 Å². The largest absolute Gasteiger partial charge is 0.379 e. The van der Waals surface area contributed by atoms with Crippen LogP contribution in [0.25, 0.3) is 0 Å². The standard InChI is InChI=1S/C17H22ClNO3/c1-21-15-8-10-19(14-9-11-22-17(14)15)16(20)7-6-12-4-2-3-5-13(12)18/h2-5,14-15,17H,6-11H2,1H3/t14-,15+,17-/m0/s1. The summed E-state index contributed by atoms with van der Waals surface area (Å²) in [5.74, 6) is 0.190. The fourth-order valence-corrected chi connectivity index (χ4v) is 3.76. The van der Waals surface area contributed by atoms with Crippen molar-refractivity contribution in [1.82, 2.24) is 4.90 Å². The highest BCUT2D eigenvalue weighted by molar-refractivity contribution is 6.31. The number of likely N-dealkylation sites (tertiary alicyclic amines) is 1. The molecule has 0 aliphatic carbocycles. The first-order valence-corrected chi connectivity index (χ1v) is 8.26. The molecule has 2 fully saturated rings. The van der Waals surface area contributed by atoms with Crippen LogP contribution in [0.5, 0.6) is 0 Å². The van der Waals surface area contributed by atoms with E-state index in [0.29, 0.717) is 19.4 Å². The topological polar surface area (TPSA) is 38.8 Å². The van der Waals surface area contributed by atoms with E-state index in [0.717, 1.165) is 30.0 Å². The van der Waals surface area contributed by atoms with E-state index in [4.69, 9.17) is 21.1 Å². The third-order valence-electron chi connectivity index (χ3n) is 4.71. The lowest BCUT2D eigenvalue weighted by Gasteiger charge is -2.40. The van der Waals surface area contributed by atoms with E-state index < -0.39 is 0 Å². The van der Waals surface area contributed by atoms with Crippen molar-refractivity contribution in [3.05, 3.63) is 34.9 Å². The molecule has 22 heavy (non-hydrogen) atoms. The van der Waals surface area contributed by atoms with Gasteiger partial charge in [-0.15, -0.1) is 0 Å². The number of rotatable bonds is 4. The second kappa shape index (κ2) is 6.99. The number of hydrogen-bond acceptors (Lipinski definition) is 3. The van der Waals surface area contributed by atoms with Crippen molar-refractivity contribution in [3.63, 3.8) is 0 Å². The summed E-state index contributed by atoms with van der Waals surface area (Å²) < 4.78 is 11.3. The quantitative estimate of drug-likeness (QED) is 0.855. The molecule has 0 N–H and O–H groups in total. The van der Waals surface area contributed by atoms with Crippen LogP contribution in [0.4, 0.5) is 0 Å². The minimum absolute atomic E-state index is 0.0306. The molecule has 2 aliphatic rings. The Labute approximate surface area is 136 Å². The third-order valence-corrected chi connectivity index (χ3v) is 5.08. The number of hydrogen-bond donors (Lipinski definition) is 0. The number of carbonyl (C=O) groups is 1. The molecule has 3 rings (SSSR count). The van der Waals surface area contributed by atoms with Crippen molar-refractivity contribution in [3.8, 4) is 0 Å². The molecule has 2 saturated heterocycles. The minimum atomic E-state index is 0.0306. The number of amides is 1. The van der Waals surface area contributed by atoms with Gasteiger partial charge < -0.3 is 14.4 Å². The maximum absolute atomic E-state index is 12.6. The Hall–Kier alpha value is -1.10. The monoisotopic (exact) mass is 323 g/mol. The van der Waals surface area contributed by atoms with Crippen LogP contribution in [0.1, 0.15) is 24.8 Å². The molecule has 0 spiro atoms. The summed E-state index contributed by atoms with van der Waals surface area (Å²) in [6.07, 6.45) is 3.06. The van der Waals surface area contributed by atoms with Crippen LogP contribution in [0, 0.1) is 0 Å². The Morgan fingerprint density at radius 1 is 1.41 bits per heavy atom. The van der Waals surface area contributed by atoms with Gasteiger partial charge in [0, 0.05) is 31.7 Å². The molecule has 2 aliphatic heterocycles. The van der Waals surface area contributed by atoms with Crippen molar-refractivity contribution < 1.29 is 14.3 Å². The van der Waals surface area contributed by atoms with E-state index in [1.54, 1.807) is 7.11 Å². The lowest BCUT2D eigenvalue weighted by atomic mass is 9.95. The smallest absolute Gasteiger partial charge is 0.223 e. The molecule has 0 unspecified atom stereocenters. The molecule has 1 aromatic carbocycles. The highest BCUT2D eigenvalue weighted by Crippen LogP contribution is 2.30. The van der Waals surface area contributed by atoms with Gasteiger partial charge in [0.15, 0.2) is 0 Å². The summed E-state index contributed by atoms with van der Waals surface area (Å²) in [6.45, 7) is 1.47. The lowest BCUT2D eigenvalue weighted by molar-refractivity contribution is -0.143. The SMILES string of the molecule is CO[C@@H]1CCN(C(=O)CCc2ccccc2Cl)[C@H]2CCO[C@H]12. The summed E-state index contributed by atoms with van der Waals surface area (Å²) in [4.78, 5) is 14.6. The van der Waals surface area contributed by atoms with Gasteiger partial charge >= 0.3 is 0 Å². The van der Waals surface area contributed by atoms with E-state index in [9.17, 15) is 4.79 Å². The third kappa shape index (κ3) is 3.14. The summed E-state index contributed by atoms with van der Waals surface area (Å²) in [7, 11) is 1.72. The van der Waals surface area contributed by atoms with Gasteiger partial charge in [-0.25, -0.2) is 0 Å². The zero-order valence-corrected chi connectivity index (χ0v) is 13.6. The molecule has 1 aromatic rings. The zero-order chi connectivity index (χ0) is 15.5. The van der Waals surface area contributed by atoms with E-state index >= 15 is 0 Å². The molecular formula is C17H22ClNO3. The number of aryl methyl sites for hydroxylation is 1. The van der Waals surface area contributed by atoms with Gasteiger partial charge in [0.05, 0.1) is 12.1 Å². The van der Waals surface area contributed by atoms with E-state index in [-0.39, 0.29) is 24.2 Å². The van der Waals surface area contributed by atoms with E-state index in [1.807, 2.05) is 29.2 Å². The molecule has 1 amide bonds. The first-order chi connectivity index (χ1) is 10.7. The van der Waals surface area contributed by atoms with Gasteiger partial charge in [0.2, 0.25) is 5.91 Å². The molecule has 0 radical (unpaired) electrons. The van der Waals surface area contributed by atoms with Crippen LogP contribution in [0.3, 0.4) is 0 Å². The minimum Gasteiger partial charge on any atom is -0.379 e. The Balaban J connectivity index is 1.62. The van der Waals surface area contributed by atoms with Crippen molar-refractivity contribution in [2.24, 2.45) is 0 Å². The Bertz CT molecular complexity index is 536. The van der Waals surface area contributed by atoms with Crippen LogP contribution in [0.15, 0.2) is 24.3 Å². The number of fused-ring (bicyclic) bond motifs is 1. The molecule has 0 bridgehead atoms. The van der Waals surface area contributed by atoms with Crippen molar-refractivity contribution in [2.45, 2.75) is 43.9 Å². The number of halogens is 1. The van der Waals surface area contributed by atoms with Crippen LogP contribution in [-0.2, 0) is 20.7 Å². The summed E-state index contributed by atoms with van der Waals surface area (Å²) in [6, 6.07) is 7.87. The van der Waals surface area contributed by atoms with E-state index in [2.05, 4.69) is 0 Å². The average Bonchev–Trinajstić information content (AvgIpc) is 3.02. The highest BCUT2D eigenvalue weighted by atomic mass is 35.5. The van der Waals surface area contributed by atoms with Gasteiger partial charge in [-0.1, -0.05) is 29.8 Å². The number of methoxy groups -OCH3 is 1. The van der Waals surface area contributed by atoms with Gasteiger partial charge in [-0.05, 0) is 30.9 Å². The molecule has 120 valence electrons. The second-order valence-corrected chi connectivity index (χ2v) is 6.34. The number of nitrogens with zero attached hydrogens (tertiary/aromatic N) is 1. The molecule has 4 nitrogen and oxygen atoms in total. The summed E-state index contributed by atoms with van der Waals surface area (Å²) in [5.41, 5.74) is 1.03. The van der Waals surface area contributed by atoms with E-state index in [1.165, 1.54) is 0 Å². The normalized spacial score (nSPS) is 27.7. The molecule has 3 atom stereocenters. The van der Waals surface area contributed by atoms with Gasteiger partial charge in [-0.2, -0.15) is 0 Å². The fraction of sp³-hybridized carbons (Fsp3) is 0.588. The van der Waals surface area contributed by atoms with Crippen molar-refractivity contribution in [1.29, 1.82) is 0 Å². The van der Waals surface area contributed by atoms with Crippen LogP contribution >= 0.6 is 11.6 Å². The Kier molecular flexibility index (Phi) is 5.01. The van der Waals surface area contributed by atoms with Crippen molar-refractivity contribution in [2.75, 3.05) is 20.3 Å². The highest BCUT2D eigenvalue weighted by Gasteiger charge is 2.43. The maximum Gasteiger partial charge on any atom is 0.223 e. The van der Waals surface area contributed by atoms with Crippen LogP contribution in [-0.4, -0.2) is 49.3 Å². The molecule has 0 aromatic heterocycles. The van der Waals surface area contributed by atoms with Gasteiger partial charge in [-0.3, -0.25) is 4.79 Å². The average molecular weight is 324 g/mol. The summed E-state index contributed by atoms with van der Waals surface area (Å²) >= 11 is 6.16. The lowest BCUT2D eigenvalue weighted by Crippen LogP contribution is -2.55. The fourth-order valence-electron chi connectivity index (χ4n) is 3.53. The maximum atomic E-state index is 12.6. The van der Waals surface area contributed by atoms with Crippen LogP contribution in [0.2, 0.25) is 5.02 Å². The molecule has 2 heterocycles. The Morgan fingerprint density at radius 3 is 3.00 bits per heavy atom. The van der Waals surface area contributed by atoms with Gasteiger partial charge in [0.1, 0.15) is 6.10 Å².